The molecule has 0 N–H and O–H groups in total. The minimum Gasteiger partial charge on any atom is -0.341 e. The Bertz CT molecular complexity index is 988. The third kappa shape index (κ3) is 4.32. The van der Waals surface area contributed by atoms with Crippen LogP contribution in [0.15, 0.2) is 54.7 Å². The van der Waals surface area contributed by atoms with Gasteiger partial charge < -0.3 is 14.7 Å². The highest BCUT2D eigenvalue weighted by Crippen LogP contribution is 2.26. The summed E-state index contributed by atoms with van der Waals surface area (Å²) in [6.07, 6.45) is 4.37. The molecule has 0 amide bonds. The fraction of sp³-hybridized carbons (Fsp3) is 0.440. The van der Waals surface area contributed by atoms with Gasteiger partial charge in [0.25, 0.3) is 0 Å². The van der Waals surface area contributed by atoms with Crippen LogP contribution in [0.4, 0.5) is 5.95 Å². The number of nitrogens with zero attached hydrogens (tertiary/aromatic N) is 5. The molecule has 0 atom stereocenters. The van der Waals surface area contributed by atoms with Crippen molar-refractivity contribution in [2.24, 2.45) is 5.92 Å². The molecule has 0 bridgehead atoms. The summed E-state index contributed by atoms with van der Waals surface area (Å²) in [5.74, 6) is 1.67. The molecule has 5 heteroatoms. The number of piperazine rings is 1. The number of piperidine rings is 1. The zero-order chi connectivity index (χ0) is 20.3. The molecule has 2 aliphatic heterocycles. The van der Waals surface area contributed by atoms with E-state index >= 15 is 0 Å². The number of rotatable bonds is 4. The molecule has 5 nitrogen and oxygen atoms in total. The Kier molecular flexibility index (Phi) is 5.65. The molecule has 156 valence electrons. The first kappa shape index (κ1) is 19.5. The van der Waals surface area contributed by atoms with Crippen LogP contribution in [-0.4, -0.2) is 72.6 Å². The van der Waals surface area contributed by atoms with Crippen molar-refractivity contribution < 1.29 is 0 Å². The van der Waals surface area contributed by atoms with Gasteiger partial charge in [0.2, 0.25) is 5.95 Å². The molecule has 30 heavy (non-hydrogen) atoms. The highest BCUT2D eigenvalue weighted by molar-refractivity contribution is 5.86. The van der Waals surface area contributed by atoms with Gasteiger partial charge in [0, 0.05) is 57.6 Å². The lowest BCUT2D eigenvalue weighted by molar-refractivity contribution is 0.129. The van der Waals surface area contributed by atoms with E-state index in [1.165, 1.54) is 56.3 Å². The number of hydrogen-bond donors (Lipinski definition) is 0. The summed E-state index contributed by atoms with van der Waals surface area (Å²) in [7, 11) is 2.22. The van der Waals surface area contributed by atoms with Crippen LogP contribution < -0.4 is 4.90 Å². The Labute approximate surface area is 179 Å². The fourth-order valence-corrected chi connectivity index (χ4v) is 4.72. The minimum absolute atomic E-state index is 0.799. The van der Waals surface area contributed by atoms with Gasteiger partial charge in [0.1, 0.15) is 0 Å². The fourth-order valence-electron chi connectivity index (χ4n) is 4.72. The first-order chi connectivity index (χ1) is 14.7. The molecule has 1 aromatic heterocycles. The normalized spacial score (nSPS) is 19.4. The maximum Gasteiger partial charge on any atom is 0.225 e. The summed E-state index contributed by atoms with van der Waals surface area (Å²) in [6.45, 7) is 8.20. The van der Waals surface area contributed by atoms with Gasteiger partial charge in [-0.25, -0.2) is 9.97 Å². The smallest absolute Gasteiger partial charge is 0.225 e. The lowest BCUT2D eigenvalue weighted by atomic mass is 9.96. The molecule has 3 heterocycles. The van der Waals surface area contributed by atoms with Gasteiger partial charge in [-0.15, -0.1) is 0 Å². The number of fused-ring (bicyclic) bond motifs is 1. The number of benzene rings is 2. The van der Waals surface area contributed by atoms with Gasteiger partial charge >= 0.3 is 0 Å². The lowest BCUT2D eigenvalue weighted by Gasteiger charge is -2.38. The molecule has 3 aromatic rings. The van der Waals surface area contributed by atoms with Crippen molar-refractivity contribution in [2.75, 3.05) is 57.8 Å². The average Bonchev–Trinajstić information content (AvgIpc) is 2.81. The van der Waals surface area contributed by atoms with E-state index in [0.717, 1.165) is 36.2 Å². The van der Waals surface area contributed by atoms with Crippen molar-refractivity contribution in [2.45, 2.75) is 12.8 Å². The molecule has 0 spiro atoms. The van der Waals surface area contributed by atoms with Crippen molar-refractivity contribution in [3.63, 3.8) is 0 Å². The van der Waals surface area contributed by atoms with E-state index in [1.807, 2.05) is 12.3 Å². The van der Waals surface area contributed by atoms with E-state index in [1.54, 1.807) is 0 Å². The summed E-state index contributed by atoms with van der Waals surface area (Å²) >= 11 is 0. The van der Waals surface area contributed by atoms with Gasteiger partial charge in [0.15, 0.2) is 0 Å². The Balaban J connectivity index is 1.23. The first-order valence-electron chi connectivity index (χ1n) is 11.2. The van der Waals surface area contributed by atoms with E-state index in [9.17, 15) is 0 Å². The molecule has 2 saturated heterocycles. The SMILES string of the molecule is CN1CCN(CC2CCN(c3nccc(-c4ccc5ccccc5c4)n3)CC2)CC1. The van der Waals surface area contributed by atoms with Gasteiger partial charge in [-0.05, 0) is 48.7 Å². The number of hydrogen-bond acceptors (Lipinski definition) is 5. The molecular formula is C25H31N5. The van der Waals surface area contributed by atoms with Crippen molar-refractivity contribution in [3.05, 3.63) is 54.7 Å². The standard InChI is InChI=1S/C25H31N5/c1-28-14-16-29(17-15-28)19-20-9-12-30(13-10-20)25-26-11-8-24(27-25)23-7-6-21-4-2-3-5-22(21)18-23/h2-8,11,18,20H,9-10,12-17,19H2,1H3. The van der Waals surface area contributed by atoms with Crippen LogP contribution in [0.2, 0.25) is 0 Å². The Hall–Kier alpha value is -2.50. The summed E-state index contributed by atoms with van der Waals surface area (Å²) < 4.78 is 0. The Morgan fingerprint density at radius 1 is 0.867 bits per heavy atom. The summed E-state index contributed by atoms with van der Waals surface area (Å²) in [5.41, 5.74) is 2.16. The van der Waals surface area contributed by atoms with Gasteiger partial charge in [-0.1, -0.05) is 36.4 Å². The average molecular weight is 402 g/mol. The van der Waals surface area contributed by atoms with E-state index in [4.69, 9.17) is 4.98 Å². The van der Waals surface area contributed by atoms with Gasteiger partial charge in [-0.3, -0.25) is 0 Å². The molecule has 2 fully saturated rings. The van der Waals surface area contributed by atoms with Crippen LogP contribution in [0.3, 0.4) is 0 Å². The number of aromatic nitrogens is 2. The van der Waals surface area contributed by atoms with Crippen LogP contribution in [0.25, 0.3) is 22.0 Å². The zero-order valence-corrected chi connectivity index (χ0v) is 17.9. The predicted molar refractivity (Wildman–Crippen MR) is 124 cm³/mol. The maximum absolute atomic E-state index is 4.92. The summed E-state index contributed by atoms with van der Waals surface area (Å²) in [6, 6.07) is 17.1. The van der Waals surface area contributed by atoms with Crippen LogP contribution in [0, 0.1) is 5.92 Å². The maximum atomic E-state index is 4.92. The Morgan fingerprint density at radius 2 is 1.63 bits per heavy atom. The second kappa shape index (κ2) is 8.70. The second-order valence-corrected chi connectivity index (χ2v) is 8.84. The topological polar surface area (TPSA) is 35.5 Å². The number of likely N-dealkylation sites (N-methyl/N-ethyl adjacent to an activating group) is 1. The van der Waals surface area contributed by atoms with E-state index in [-0.39, 0.29) is 0 Å². The van der Waals surface area contributed by atoms with Crippen molar-refractivity contribution >= 4 is 16.7 Å². The molecule has 0 radical (unpaired) electrons. The molecule has 0 saturated carbocycles. The highest BCUT2D eigenvalue weighted by Gasteiger charge is 2.24. The van der Waals surface area contributed by atoms with Crippen LogP contribution in [0.5, 0.6) is 0 Å². The third-order valence-corrected chi connectivity index (χ3v) is 6.70. The molecule has 0 unspecified atom stereocenters. The summed E-state index contributed by atoms with van der Waals surface area (Å²) in [4.78, 5) is 17.0. The van der Waals surface area contributed by atoms with E-state index in [2.05, 4.69) is 69.2 Å². The van der Waals surface area contributed by atoms with Gasteiger partial charge in [0.05, 0.1) is 5.69 Å². The summed E-state index contributed by atoms with van der Waals surface area (Å²) in [5, 5.41) is 2.51. The molecule has 2 aliphatic rings. The zero-order valence-electron chi connectivity index (χ0n) is 17.9. The van der Waals surface area contributed by atoms with Crippen molar-refractivity contribution in [1.29, 1.82) is 0 Å². The quantitative estimate of drug-likeness (QED) is 0.665. The van der Waals surface area contributed by atoms with Crippen molar-refractivity contribution in [3.8, 4) is 11.3 Å². The molecule has 2 aromatic carbocycles. The van der Waals surface area contributed by atoms with E-state index < -0.39 is 0 Å². The highest BCUT2D eigenvalue weighted by atomic mass is 15.3. The van der Waals surface area contributed by atoms with Crippen LogP contribution >= 0.6 is 0 Å². The molecule has 5 rings (SSSR count). The molecule has 0 aliphatic carbocycles. The predicted octanol–water partition coefficient (Wildman–Crippen LogP) is 3.76. The molecular weight excluding hydrogens is 370 g/mol. The number of anilines is 1. The first-order valence-corrected chi connectivity index (χ1v) is 11.2. The van der Waals surface area contributed by atoms with Gasteiger partial charge in [-0.2, -0.15) is 0 Å². The third-order valence-electron chi connectivity index (χ3n) is 6.70. The van der Waals surface area contributed by atoms with Crippen molar-refractivity contribution in [1.82, 2.24) is 19.8 Å². The largest absolute Gasteiger partial charge is 0.341 e. The lowest BCUT2D eigenvalue weighted by Crippen LogP contribution is -2.47. The van der Waals surface area contributed by atoms with Crippen LogP contribution in [-0.2, 0) is 0 Å². The van der Waals surface area contributed by atoms with E-state index in [0.29, 0.717) is 0 Å². The van der Waals surface area contributed by atoms with Crippen LogP contribution in [0.1, 0.15) is 12.8 Å². The second-order valence-electron chi connectivity index (χ2n) is 8.84. The Morgan fingerprint density at radius 3 is 2.43 bits per heavy atom. The monoisotopic (exact) mass is 401 g/mol. The minimum atomic E-state index is 0.799.